The lowest BCUT2D eigenvalue weighted by atomic mass is 10.1. The molecule has 0 bridgehead atoms. The summed E-state index contributed by atoms with van der Waals surface area (Å²) in [6.45, 7) is 2.67. The Labute approximate surface area is 218 Å². The fourth-order valence-corrected chi connectivity index (χ4v) is 5.39. The number of anilines is 1. The molecule has 3 aromatic carbocycles. The Morgan fingerprint density at radius 1 is 1.00 bits per heavy atom. The second-order valence-electron chi connectivity index (χ2n) is 8.60. The van der Waals surface area contributed by atoms with Crippen LogP contribution in [0.2, 0.25) is 5.02 Å². The molecule has 1 aromatic heterocycles. The number of hydrogen-bond acceptors (Lipinski definition) is 7. The van der Waals surface area contributed by atoms with Crippen LogP contribution in [0.3, 0.4) is 0 Å². The Bertz CT molecular complexity index is 1580. The Balaban J connectivity index is 1.45. The average molecular weight is 545 g/mol. The minimum atomic E-state index is -4.06. The number of benzene rings is 3. The van der Waals surface area contributed by atoms with Gasteiger partial charge < -0.3 is 19.2 Å². The number of furan rings is 1. The largest absolute Gasteiger partial charge is 0.495 e. The van der Waals surface area contributed by atoms with Crippen LogP contribution in [0.5, 0.6) is 5.75 Å². The maximum atomic E-state index is 12.7. The van der Waals surface area contributed by atoms with Gasteiger partial charge in [0.2, 0.25) is 10.0 Å². The van der Waals surface area contributed by atoms with E-state index in [4.69, 9.17) is 25.5 Å². The lowest BCUT2D eigenvalue weighted by Gasteiger charge is -2.21. The van der Waals surface area contributed by atoms with Gasteiger partial charge in [-0.3, -0.25) is 9.59 Å². The molecule has 0 saturated carbocycles. The van der Waals surface area contributed by atoms with Gasteiger partial charge >= 0.3 is 5.97 Å². The van der Waals surface area contributed by atoms with Crippen molar-refractivity contribution in [1.82, 2.24) is 4.72 Å². The number of ether oxygens (including phenoxy) is 2. The highest BCUT2D eigenvalue weighted by Crippen LogP contribution is 2.36. The van der Waals surface area contributed by atoms with Crippen molar-refractivity contribution in [3.05, 3.63) is 65.7 Å². The van der Waals surface area contributed by atoms with Crippen LogP contribution in [0.4, 0.5) is 5.69 Å². The molecule has 4 rings (SSSR count). The first-order chi connectivity index (χ1) is 17.6. The molecule has 0 unspecified atom stereocenters. The third-order valence-electron chi connectivity index (χ3n) is 5.63. The first kappa shape index (κ1) is 26.5. The fourth-order valence-electron chi connectivity index (χ4n) is 3.76. The highest BCUT2D eigenvalue weighted by atomic mass is 35.5. The number of amides is 1. The van der Waals surface area contributed by atoms with E-state index >= 15 is 0 Å². The van der Waals surface area contributed by atoms with Gasteiger partial charge in [-0.25, -0.2) is 8.42 Å². The van der Waals surface area contributed by atoms with Crippen molar-refractivity contribution >= 4 is 61.1 Å². The van der Waals surface area contributed by atoms with Gasteiger partial charge in [0.05, 0.1) is 17.7 Å². The minimum absolute atomic E-state index is 0.0933. The van der Waals surface area contributed by atoms with Crippen LogP contribution in [0, 0.1) is 5.92 Å². The van der Waals surface area contributed by atoms with E-state index < -0.39 is 40.5 Å². The number of carbonyl (C=O) groups excluding carboxylic acids is 2. The lowest BCUT2D eigenvalue weighted by molar-refractivity contribution is -0.150. The van der Waals surface area contributed by atoms with E-state index in [1.807, 2.05) is 24.3 Å². The molecule has 2 N–H and O–H groups in total. The third-order valence-corrected chi connectivity index (χ3v) is 7.30. The number of para-hydroxylation sites is 1. The normalized spacial score (nSPS) is 12.6. The summed E-state index contributed by atoms with van der Waals surface area (Å²) in [5.41, 5.74) is 1.57. The molecule has 4 aromatic rings. The Kier molecular flexibility index (Phi) is 7.72. The van der Waals surface area contributed by atoms with Gasteiger partial charge in [-0.2, -0.15) is 4.72 Å². The second kappa shape index (κ2) is 10.8. The van der Waals surface area contributed by atoms with Crippen LogP contribution < -0.4 is 14.8 Å². The molecule has 0 aliphatic carbocycles. The van der Waals surface area contributed by atoms with Gasteiger partial charge in [-0.1, -0.05) is 49.7 Å². The Morgan fingerprint density at radius 2 is 1.76 bits per heavy atom. The summed E-state index contributed by atoms with van der Waals surface area (Å²) >= 11 is 5.89. The molecule has 0 fully saturated rings. The highest BCUT2D eigenvalue weighted by molar-refractivity contribution is 7.89. The van der Waals surface area contributed by atoms with E-state index in [0.717, 1.165) is 10.8 Å². The highest BCUT2D eigenvalue weighted by Gasteiger charge is 2.30. The van der Waals surface area contributed by atoms with E-state index in [2.05, 4.69) is 10.0 Å². The topological polar surface area (TPSA) is 124 Å². The van der Waals surface area contributed by atoms with E-state index in [9.17, 15) is 18.0 Å². The maximum absolute atomic E-state index is 12.7. The zero-order valence-electron chi connectivity index (χ0n) is 20.3. The van der Waals surface area contributed by atoms with E-state index in [0.29, 0.717) is 22.6 Å². The quantitative estimate of drug-likeness (QED) is 0.292. The summed E-state index contributed by atoms with van der Waals surface area (Å²) in [7, 11) is -2.59. The molecule has 0 aliphatic rings. The van der Waals surface area contributed by atoms with Crippen molar-refractivity contribution in [2.45, 2.75) is 24.8 Å². The molecule has 0 aliphatic heterocycles. The standard InChI is InChI=1S/C26H25ClN2O7S/c1-15(2)25(29-37(32,33)17-8-6-7-16(27)11-17)26(31)35-14-24(30)28-20-13-22-19(12-23(20)34-3)18-9-4-5-10-21(18)36-22/h4-13,15,25,29H,14H2,1-3H3,(H,28,30)/t25-/m0/s1. The predicted molar refractivity (Wildman–Crippen MR) is 140 cm³/mol. The minimum Gasteiger partial charge on any atom is -0.495 e. The van der Waals surface area contributed by atoms with Gasteiger partial charge in [0.1, 0.15) is 23.0 Å². The second-order valence-corrected chi connectivity index (χ2v) is 10.8. The van der Waals surface area contributed by atoms with E-state index in [1.165, 1.54) is 31.4 Å². The summed E-state index contributed by atoms with van der Waals surface area (Å²) in [6, 6.07) is 15.3. The van der Waals surface area contributed by atoms with Crippen molar-refractivity contribution in [3.63, 3.8) is 0 Å². The molecular formula is C26H25ClN2O7S. The smallest absolute Gasteiger partial charge is 0.324 e. The van der Waals surface area contributed by atoms with Gasteiger partial charge in [-0.15, -0.1) is 0 Å². The molecule has 194 valence electrons. The molecule has 0 saturated heterocycles. The summed E-state index contributed by atoms with van der Waals surface area (Å²) in [6.07, 6.45) is 0. The predicted octanol–water partition coefficient (Wildman–Crippen LogP) is 4.73. The van der Waals surface area contributed by atoms with Crippen LogP contribution in [0.25, 0.3) is 21.9 Å². The number of halogens is 1. The first-order valence-electron chi connectivity index (χ1n) is 11.3. The lowest BCUT2D eigenvalue weighted by Crippen LogP contribution is -2.45. The van der Waals surface area contributed by atoms with Gasteiger partial charge in [0.25, 0.3) is 5.91 Å². The number of esters is 1. The number of sulfonamides is 1. The van der Waals surface area contributed by atoms with Crippen molar-refractivity contribution in [2.24, 2.45) is 5.92 Å². The number of hydrogen-bond donors (Lipinski definition) is 2. The molecule has 9 nitrogen and oxygen atoms in total. The van der Waals surface area contributed by atoms with Crippen LogP contribution in [-0.2, 0) is 24.3 Å². The zero-order valence-corrected chi connectivity index (χ0v) is 21.9. The Hall–Kier alpha value is -3.60. The van der Waals surface area contributed by atoms with Crippen molar-refractivity contribution < 1.29 is 31.9 Å². The van der Waals surface area contributed by atoms with E-state index in [1.54, 1.807) is 26.0 Å². The monoisotopic (exact) mass is 544 g/mol. The summed E-state index contributed by atoms with van der Waals surface area (Å²) in [5, 5.41) is 4.61. The molecule has 11 heteroatoms. The third kappa shape index (κ3) is 5.87. The number of carbonyl (C=O) groups is 2. The molecule has 1 amide bonds. The number of nitrogens with one attached hydrogen (secondary N) is 2. The van der Waals surface area contributed by atoms with Crippen LogP contribution >= 0.6 is 11.6 Å². The maximum Gasteiger partial charge on any atom is 0.324 e. The SMILES string of the molecule is COc1cc2c(cc1NC(=O)COC(=O)[C@@H](NS(=O)(=O)c1cccc(Cl)c1)C(C)C)oc1ccccc12. The molecule has 1 heterocycles. The fraction of sp³-hybridized carbons (Fsp3) is 0.231. The molecule has 37 heavy (non-hydrogen) atoms. The van der Waals surface area contributed by atoms with E-state index in [-0.39, 0.29) is 9.92 Å². The number of rotatable bonds is 9. The molecular weight excluding hydrogens is 520 g/mol. The molecule has 1 atom stereocenters. The van der Waals surface area contributed by atoms with Crippen LogP contribution in [0.1, 0.15) is 13.8 Å². The van der Waals surface area contributed by atoms with Crippen LogP contribution in [0.15, 0.2) is 70.0 Å². The van der Waals surface area contributed by atoms with Gasteiger partial charge in [0.15, 0.2) is 6.61 Å². The number of fused-ring (bicyclic) bond motifs is 3. The van der Waals surface area contributed by atoms with Gasteiger partial charge in [-0.05, 0) is 36.2 Å². The molecule has 0 spiro atoms. The average Bonchev–Trinajstić information content (AvgIpc) is 3.22. The van der Waals surface area contributed by atoms with Crippen molar-refractivity contribution in [1.29, 1.82) is 0 Å². The summed E-state index contributed by atoms with van der Waals surface area (Å²) in [4.78, 5) is 25.2. The number of methoxy groups -OCH3 is 1. The summed E-state index contributed by atoms with van der Waals surface area (Å²) < 4.78 is 44.3. The van der Waals surface area contributed by atoms with Crippen molar-refractivity contribution in [2.75, 3.05) is 19.0 Å². The Morgan fingerprint density at radius 3 is 2.46 bits per heavy atom. The first-order valence-corrected chi connectivity index (χ1v) is 13.2. The summed E-state index contributed by atoms with van der Waals surface area (Å²) in [5.74, 6) is -1.59. The van der Waals surface area contributed by atoms with Gasteiger partial charge in [0, 0.05) is 21.9 Å². The van der Waals surface area contributed by atoms with Crippen molar-refractivity contribution in [3.8, 4) is 5.75 Å². The zero-order chi connectivity index (χ0) is 26.7. The molecule has 0 radical (unpaired) electrons. The van der Waals surface area contributed by atoms with Crippen LogP contribution in [-0.4, -0.2) is 40.1 Å².